The summed E-state index contributed by atoms with van der Waals surface area (Å²) in [4.78, 5) is 36.7. The van der Waals surface area contributed by atoms with Gasteiger partial charge in [0.05, 0.1) is 23.7 Å². The van der Waals surface area contributed by atoms with Crippen LogP contribution in [-0.2, 0) is 33.3 Å². The number of esters is 3. The Kier molecular flexibility index (Phi) is 5.70. The standard InChI is InChI=1S/C24H34O9/c1-11-7-8-15(30-13(3)25)22(5)16(31-14(4)26)10-17-23(6,33-17)19(22)20(27)24(29)12(2)21(28)32-18(24)9-11/h9,12,15-20,27,29H,7-8,10H2,1-6H3/b11-9-/t12-,15-,16-,17-,18-,19+,20+,22-,23-,24+/m0/s1. The number of epoxide rings is 1. The van der Waals surface area contributed by atoms with E-state index in [0.29, 0.717) is 19.3 Å². The number of rotatable bonds is 2. The average Bonchev–Trinajstić information content (AvgIpc) is 3.31. The van der Waals surface area contributed by atoms with E-state index >= 15 is 0 Å². The maximum absolute atomic E-state index is 12.5. The van der Waals surface area contributed by atoms with Crippen LogP contribution in [0.3, 0.4) is 0 Å². The van der Waals surface area contributed by atoms with Crippen molar-refractivity contribution in [1.29, 1.82) is 0 Å². The van der Waals surface area contributed by atoms with Gasteiger partial charge in [-0.1, -0.05) is 12.5 Å². The van der Waals surface area contributed by atoms with E-state index in [2.05, 4.69) is 0 Å². The minimum atomic E-state index is -1.94. The molecule has 2 aliphatic carbocycles. The van der Waals surface area contributed by atoms with Crippen LogP contribution in [-0.4, -0.2) is 69.8 Å². The number of hydrogen-bond acceptors (Lipinski definition) is 9. The van der Waals surface area contributed by atoms with Gasteiger partial charge in [-0.25, -0.2) is 0 Å². The number of carbonyl (C=O) groups excluding carboxylic acids is 3. The van der Waals surface area contributed by atoms with E-state index in [1.165, 1.54) is 20.8 Å². The first-order valence-electron chi connectivity index (χ1n) is 11.6. The molecule has 2 heterocycles. The molecule has 3 fully saturated rings. The van der Waals surface area contributed by atoms with Crippen molar-refractivity contribution in [2.75, 3.05) is 0 Å². The van der Waals surface area contributed by atoms with Crippen LogP contribution in [0.2, 0.25) is 0 Å². The lowest BCUT2D eigenvalue weighted by atomic mass is 9.53. The Morgan fingerprint density at radius 2 is 1.76 bits per heavy atom. The molecule has 1 saturated carbocycles. The quantitative estimate of drug-likeness (QED) is 0.268. The Bertz CT molecular complexity index is 898. The third-order valence-corrected chi connectivity index (χ3v) is 8.47. The van der Waals surface area contributed by atoms with Gasteiger partial charge in [0.1, 0.15) is 17.8 Å². The van der Waals surface area contributed by atoms with Crippen molar-refractivity contribution in [3.05, 3.63) is 11.6 Å². The molecule has 0 aromatic heterocycles. The minimum absolute atomic E-state index is 0.317. The monoisotopic (exact) mass is 466 g/mol. The SMILES string of the molecule is CC(=O)O[C@H]1CC/C(C)=C\[C@@H]2OC(=O)[C@H](C)[C@]2(O)[C@H](O)[C@H]2[C@@]3(C)O[C@H]3C[C@H](OC(C)=O)[C@]12C. The molecule has 2 N–H and O–H groups in total. The highest BCUT2D eigenvalue weighted by atomic mass is 16.6. The number of ether oxygens (including phenoxy) is 4. The van der Waals surface area contributed by atoms with Gasteiger partial charge in [0, 0.05) is 31.6 Å². The first-order chi connectivity index (χ1) is 15.3. The van der Waals surface area contributed by atoms with E-state index in [0.717, 1.165) is 5.57 Å². The Balaban J connectivity index is 1.92. The summed E-state index contributed by atoms with van der Waals surface area (Å²) in [5.74, 6) is -3.43. The van der Waals surface area contributed by atoms with Crippen molar-refractivity contribution < 1.29 is 43.5 Å². The van der Waals surface area contributed by atoms with Gasteiger partial charge in [-0.3, -0.25) is 14.4 Å². The molecule has 9 nitrogen and oxygen atoms in total. The molecule has 4 rings (SSSR count). The lowest BCUT2D eigenvalue weighted by molar-refractivity contribution is -0.224. The molecule has 0 bridgehead atoms. The topological polar surface area (TPSA) is 132 Å². The van der Waals surface area contributed by atoms with Crippen LogP contribution in [0.25, 0.3) is 0 Å². The third-order valence-electron chi connectivity index (χ3n) is 8.47. The molecule has 0 aromatic carbocycles. The normalized spacial score (nSPS) is 50.5. The van der Waals surface area contributed by atoms with Gasteiger partial charge in [-0.15, -0.1) is 0 Å². The van der Waals surface area contributed by atoms with Crippen LogP contribution in [0.5, 0.6) is 0 Å². The summed E-state index contributed by atoms with van der Waals surface area (Å²) in [6.45, 7) is 9.63. The summed E-state index contributed by atoms with van der Waals surface area (Å²) in [7, 11) is 0. The smallest absolute Gasteiger partial charge is 0.312 e. The van der Waals surface area contributed by atoms with Crippen LogP contribution >= 0.6 is 0 Å². The lowest BCUT2D eigenvalue weighted by Crippen LogP contribution is -2.68. The second kappa shape index (κ2) is 7.78. The van der Waals surface area contributed by atoms with Crippen molar-refractivity contribution >= 4 is 17.9 Å². The van der Waals surface area contributed by atoms with Crippen LogP contribution in [0.1, 0.15) is 60.8 Å². The molecule has 0 radical (unpaired) electrons. The molecule has 33 heavy (non-hydrogen) atoms. The highest BCUT2D eigenvalue weighted by Gasteiger charge is 2.76. The molecular weight excluding hydrogens is 432 g/mol. The zero-order valence-corrected chi connectivity index (χ0v) is 20.0. The van der Waals surface area contributed by atoms with Gasteiger partial charge in [0.2, 0.25) is 0 Å². The van der Waals surface area contributed by atoms with E-state index < -0.39 is 70.8 Å². The largest absolute Gasteiger partial charge is 0.462 e. The first kappa shape index (κ1) is 24.2. The Morgan fingerprint density at radius 3 is 2.36 bits per heavy atom. The van der Waals surface area contributed by atoms with Crippen LogP contribution in [0.15, 0.2) is 11.6 Å². The molecule has 0 amide bonds. The molecule has 184 valence electrons. The number of aliphatic hydroxyl groups excluding tert-OH is 1. The predicted molar refractivity (Wildman–Crippen MR) is 114 cm³/mol. The molecule has 0 unspecified atom stereocenters. The third kappa shape index (κ3) is 3.51. The fraction of sp³-hybridized carbons (Fsp3) is 0.792. The van der Waals surface area contributed by atoms with Gasteiger partial charge in [-0.05, 0) is 39.7 Å². The van der Waals surface area contributed by atoms with Gasteiger partial charge in [0.15, 0.2) is 6.10 Å². The van der Waals surface area contributed by atoms with Crippen molar-refractivity contribution in [2.45, 2.75) is 103 Å². The fourth-order valence-corrected chi connectivity index (χ4v) is 6.54. The lowest BCUT2D eigenvalue weighted by Gasteiger charge is -2.55. The summed E-state index contributed by atoms with van der Waals surface area (Å²) >= 11 is 0. The van der Waals surface area contributed by atoms with Crippen molar-refractivity contribution in [1.82, 2.24) is 0 Å². The Labute approximate surface area is 193 Å². The van der Waals surface area contributed by atoms with Gasteiger partial charge in [0.25, 0.3) is 0 Å². The van der Waals surface area contributed by atoms with Crippen molar-refractivity contribution in [3.63, 3.8) is 0 Å². The zero-order valence-electron chi connectivity index (χ0n) is 20.0. The second-order valence-corrected chi connectivity index (χ2v) is 10.5. The number of aliphatic hydroxyl groups is 2. The van der Waals surface area contributed by atoms with Crippen molar-refractivity contribution in [3.8, 4) is 0 Å². The highest BCUT2D eigenvalue weighted by Crippen LogP contribution is 2.64. The highest BCUT2D eigenvalue weighted by molar-refractivity contribution is 5.77. The van der Waals surface area contributed by atoms with E-state index in [1.807, 2.05) is 20.8 Å². The summed E-state index contributed by atoms with van der Waals surface area (Å²) in [6, 6.07) is 0. The van der Waals surface area contributed by atoms with Crippen LogP contribution in [0.4, 0.5) is 0 Å². The number of hydrogen-bond donors (Lipinski definition) is 2. The van der Waals surface area contributed by atoms with Gasteiger partial charge < -0.3 is 29.2 Å². The summed E-state index contributed by atoms with van der Waals surface area (Å²) in [6.07, 6.45) is -1.41. The molecule has 2 saturated heterocycles. The van der Waals surface area contributed by atoms with Gasteiger partial charge in [-0.2, -0.15) is 0 Å². The average molecular weight is 467 g/mol. The van der Waals surface area contributed by atoms with Crippen LogP contribution < -0.4 is 0 Å². The molecule has 2 aliphatic heterocycles. The fourth-order valence-electron chi connectivity index (χ4n) is 6.54. The van der Waals surface area contributed by atoms with E-state index in [4.69, 9.17) is 18.9 Å². The molecular formula is C24H34O9. The molecule has 10 atom stereocenters. The Hall–Kier alpha value is -1.97. The summed E-state index contributed by atoms with van der Waals surface area (Å²) in [5, 5.41) is 23.8. The zero-order chi connectivity index (χ0) is 24.5. The van der Waals surface area contributed by atoms with Crippen LogP contribution in [0, 0.1) is 17.3 Å². The molecule has 0 aromatic rings. The predicted octanol–water partition coefficient (Wildman–Crippen LogP) is 1.43. The van der Waals surface area contributed by atoms with E-state index in [9.17, 15) is 24.6 Å². The van der Waals surface area contributed by atoms with E-state index in [-0.39, 0.29) is 6.10 Å². The second-order valence-electron chi connectivity index (χ2n) is 10.5. The Morgan fingerprint density at radius 1 is 1.15 bits per heavy atom. The maximum Gasteiger partial charge on any atom is 0.312 e. The first-order valence-corrected chi connectivity index (χ1v) is 11.6. The molecule has 0 spiro atoms. The van der Waals surface area contributed by atoms with E-state index in [1.54, 1.807) is 6.08 Å². The minimum Gasteiger partial charge on any atom is -0.462 e. The van der Waals surface area contributed by atoms with Crippen molar-refractivity contribution in [2.24, 2.45) is 17.3 Å². The number of carbonyl (C=O) groups is 3. The molecule has 9 heteroatoms. The maximum atomic E-state index is 12.5. The summed E-state index contributed by atoms with van der Waals surface area (Å²) < 4.78 is 23.1. The summed E-state index contributed by atoms with van der Waals surface area (Å²) in [5.41, 5.74) is -3.10. The number of allylic oxidation sites excluding steroid dienone is 1. The number of fused-ring (bicyclic) bond motifs is 4. The molecule has 4 aliphatic rings. The van der Waals surface area contributed by atoms with Gasteiger partial charge >= 0.3 is 17.9 Å².